The van der Waals surface area contributed by atoms with Gasteiger partial charge in [-0.05, 0) is 24.3 Å². The molecule has 0 spiro atoms. The standard InChI is InChI=1S/C19H11Br2F6N3O2/c20-13(17(31)32)14(21)30-16(10-3-7-12(8-4-10)19(25,26)27)28-15(29-30)9-1-5-11(6-2-9)18(22,23)24/h1-8,13-14H,(H,31,32). The summed E-state index contributed by atoms with van der Waals surface area (Å²) in [7, 11) is 0. The van der Waals surface area contributed by atoms with Crippen LogP contribution in [0, 0.1) is 0 Å². The number of benzene rings is 2. The molecule has 1 N–H and O–H groups in total. The zero-order valence-electron chi connectivity index (χ0n) is 15.5. The first-order valence-corrected chi connectivity index (χ1v) is 10.4. The molecule has 0 bridgehead atoms. The number of aromatic nitrogens is 3. The zero-order chi connectivity index (χ0) is 23.8. The summed E-state index contributed by atoms with van der Waals surface area (Å²) < 4.78 is 78.2. The fourth-order valence-corrected chi connectivity index (χ4v) is 3.41. The van der Waals surface area contributed by atoms with Crippen LogP contribution in [0.2, 0.25) is 0 Å². The molecule has 0 aliphatic carbocycles. The molecule has 0 radical (unpaired) electrons. The second-order valence-electron chi connectivity index (χ2n) is 6.47. The van der Waals surface area contributed by atoms with E-state index in [9.17, 15) is 36.2 Å². The molecule has 0 amide bonds. The predicted molar refractivity (Wildman–Crippen MR) is 109 cm³/mol. The number of hydrogen-bond acceptors (Lipinski definition) is 3. The van der Waals surface area contributed by atoms with Crippen molar-refractivity contribution < 1.29 is 36.2 Å². The summed E-state index contributed by atoms with van der Waals surface area (Å²) in [5.41, 5.74) is -1.38. The molecule has 5 nitrogen and oxygen atoms in total. The Morgan fingerprint density at radius 1 is 0.844 bits per heavy atom. The van der Waals surface area contributed by atoms with Crippen LogP contribution in [0.1, 0.15) is 16.1 Å². The van der Waals surface area contributed by atoms with Gasteiger partial charge in [0.05, 0.1) is 11.1 Å². The van der Waals surface area contributed by atoms with E-state index in [4.69, 9.17) is 0 Å². The van der Waals surface area contributed by atoms with E-state index in [0.29, 0.717) is 0 Å². The smallest absolute Gasteiger partial charge is 0.416 e. The number of carboxylic acids is 1. The van der Waals surface area contributed by atoms with Crippen molar-refractivity contribution in [3.8, 4) is 22.8 Å². The van der Waals surface area contributed by atoms with Crippen molar-refractivity contribution in [2.75, 3.05) is 0 Å². The summed E-state index contributed by atoms with van der Waals surface area (Å²) in [6.45, 7) is 0. The summed E-state index contributed by atoms with van der Waals surface area (Å²) in [5.74, 6) is -1.28. The number of hydrogen-bond donors (Lipinski definition) is 1. The summed E-state index contributed by atoms with van der Waals surface area (Å²) in [6, 6.07) is 7.91. The first-order valence-electron chi connectivity index (χ1n) is 8.62. The third kappa shape index (κ3) is 5.14. The van der Waals surface area contributed by atoms with Crippen LogP contribution >= 0.6 is 31.9 Å². The van der Waals surface area contributed by atoms with Crippen molar-refractivity contribution in [1.82, 2.24) is 14.8 Å². The summed E-state index contributed by atoms with van der Waals surface area (Å²) in [4.78, 5) is 13.4. The van der Waals surface area contributed by atoms with E-state index >= 15 is 0 Å². The molecule has 3 aromatic rings. The van der Waals surface area contributed by atoms with E-state index in [1.165, 1.54) is 0 Å². The highest BCUT2D eigenvalue weighted by molar-refractivity contribution is 9.12. The Labute approximate surface area is 193 Å². The molecule has 1 heterocycles. The average molecular weight is 587 g/mol. The molecule has 13 heteroatoms. The van der Waals surface area contributed by atoms with Crippen LogP contribution in [0.25, 0.3) is 22.8 Å². The molecule has 2 atom stereocenters. The number of halogens is 8. The second-order valence-corrected chi connectivity index (χ2v) is 8.39. The maximum absolute atomic E-state index is 12.9. The molecule has 32 heavy (non-hydrogen) atoms. The fraction of sp³-hybridized carbons (Fsp3) is 0.211. The first-order chi connectivity index (χ1) is 14.8. The third-order valence-corrected chi connectivity index (χ3v) is 6.80. The SMILES string of the molecule is O=C(O)C(Br)C(Br)n1nc(-c2ccc(C(F)(F)F)cc2)nc1-c1ccc(C(F)(F)F)cc1. The van der Waals surface area contributed by atoms with Crippen molar-refractivity contribution in [2.45, 2.75) is 22.1 Å². The van der Waals surface area contributed by atoms with Crippen LogP contribution in [0.5, 0.6) is 0 Å². The maximum atomic E-state index is 12.9. The fourth-order valence-electron chi connectivity index (χ4n) is 2.67. The third-order valence-electron chi connectivity index (χ3n) is 4.28. The summed E-state index contributed by atoms with van der Waals surface area (Å²) in [5, 5.41) is 13.4. The Kier molecular flexibility index (Phi) is 6.70. The van der Waals surface area contributed by atoms with Crippen molar-refractivity contribution in [2.24, 2.45) is 0 Å². The van der Waals surface area contributed by atoms with Crippen LogP contribution in [-0.2, 0) is 17.1 Å². The van der Waals surface area contributed by atoms with Gasteiger partial charge >= 0.3 is 18.3 Å². The van der Waals surface area contributed by atoms with Gasteiger partial charge in [0.25, 0.3) is 0 Å². The highest BCUT2D eigenvalue weighted by atomic mass is 79.9. The number of nitrogens with zero attached hydrogens (tertiary/aromatic N) is 3. The molecule has 2 unspecified atom stereocenters. The normalized spacial score (nSPS) is 14.2. The molecule has 2 aromatic carbocycles. The minimum atomic E-state index is -4.56. The van der Waals surface area contributed by atoms with Gasteiger partial charge in [0.15, 0.2) is 11.6 Å². The Morgan fingerprint density at radius 3 is 1.69 bits per heavy atom. The van der Waals surface area contributed by atoms with Gasteiger partial charge in [-0.3, -0.25) is 4.79 Å². The maximum Gasteiger partial charge on any atom is 0.416 e. The van der Waals surface area contributed by atoms with Gasteiger partial charge < -0.3 is 5.11 Å². The molecular formula is C19H11Br2F6N3O2. The average Bonchev–Trinajstić information content (AvgIpc) is 3.17. The van der Waals surface area contributed by atoms with Gasteiger partial charge in [-0.2, -0.15) is 26.3 Å². The quantitative estimate of drug-likeness (QED) is 0.278. The van der Waals surface area contributed by atoms with Crippen molar-refractivity contribution in [3.63, 3.8) is 0 Å². The lowest BCUT2D eigenvalue weighted by atomic mass is 10.1. The van der Waals surface area contributed by atoms with Crippen LogP contribution in [-0.4, -0.2) is 30.7 Å². The van der Waals surface area contributed by atoms with Crippen LogP contribution in [0.3, 0.4) is 0 Å². The number of alkyl halides is 8. The van der Waals surface area contributed by atoms with Crippen molar-refractivity contribution in [1.29, 1.82) is 0 Å². The lowest BCUT2D eigenvalue weighted by Crippen LogP contribution is -2.23. The number of aliphatic carboxylic acids is 1. The molecule has 0 saturated heterocycles. The topological polar surface area (TPSA) is 68.0 Å². The van der Waals surface area contributed by atoms with Crippen molar-refractivity contribution in [3.05, 3.63) is 59.7 Å². The zero-order valence-corrected chi connectivity index (χ0v) is 18.7. The van der Waals surface area contributed by atoms with Crippen LogP contribution in [0.4, 0.5) is 26.3 Å². The number of carboxylic acid groups (broad SMARTS) is 1. The van der Waals surface area contributed by atoms with Gasteiger partial charge in [0.1, 0.15) is 9.78 Å². The molecule has 0 aliphatic rings. The predicted octanol–water partition coefficient (Wildman–Crippen LogP) is 6.39. The lowest BCUT2D eigenvalue weighted by molar-refractivity contribution is -0.138. The van der Waals surface area contributed by atoms with Gasteiger partial charge in [-0.1, -0.05) is 56.1 Å². The molecule has 1 aromatic heterocycles. The molecule has 0 aliphatic heterocycles. The molecular weight excluding hydrogens is 576 g/mol. The van der Waals surface area contributed by atoms with Gasteiger partial charge in [-0.15, -0.1) is 5.10 Å². The summed E-state index contributed by atoms with van der Waals surface area (Å²) >= 11 is 6.15. The summed E-state index contributed by atoms with van der Waals surface area (Å²) in [6.07, 6.45) is -9.10. The molecule has 3 rings (SSSR count). The second kappa shape index (κ2) is 8.85. The Balaban J connectivity index is 2.09. The van der Waals surface area contributed by atoms with E-state index in [-0.39, 0.29) is 22.8 Å². The van der Waals surface area contributed by atoms with Crippen LogP contribution < -0.4 is 0 Å². The van der Waals surface area contributed by atoms with E-state index < -0.39 is 39.2 Å². The van der Waals surface area contributed by atoms with Gasteiger partial charge in [0.2, 0.25) is 0 Å². The molecule has 0 fully saturated rings. The van der Waals surface area contributed by atoms with E-state index in [1.54, 1.807) is 0 Å². The van der Waals surface area contributed by atoms with Gasteiger partial charge in [-0.25, -0.2) is 9.67 Å². The Hall–Kier alpha value is -2.41. The van der Waals surface area contributed by atoms with E-state index in [0.717, 1.165) is 53.2 Å². The van der Waals surface area contributed by atoms with E-state index in [2.05, 4.69) is 41.9 Å². The Morgan fingerprint density at radius 2 is 1.28 bits per heavy atom. The minimum absolute atomic E-state index is 0.0150. The minimum Gasteiger partial charge on any atom is -0.480 e. The molecule has 170 valence electrons. The molecule has 0 saturated carbocycles. The highest BCUT2D eigenvalue weighted by Crippen LogP contribution is 2.35. The lowest BCUT2D eigenvalue weighted by Gasteiger charge is -2.15. The largest absolute Gasteiger partial charge is 0.480 e. The highest BCUT2D eigenvalue weighted by Gasteiger charge is 2.32. The van der Waals surface area contributed by atoms with Crippen LogP contribution in [0.15, 0.2) is 48.5 Å². The Bertz CT molecular complexity index is 1110. The van der Waals surface area contributed by atoms with E-state index in [1.807, 2.05) is 0 Å². The monoisotopic (exact) mass is 585 g/mol. The number of carbonyl (C=O) groups is 1. The number of rotatable bonds is 5. The van der Waals surface area contributed by atoms with Gasteiger partial charge in [0, 0.05) is 11.1 Å². The first kappa shape index (κ1) is 24.2. The van der Waals surface area contributed by atoms with Crippen molar-refractivity contribution >= 4 is 37.8 Å².